The summed E-state index contributed by atoms with van der Waals surface area (Å²) < 4.78 is 2.06. The van der Waals surface area contributed by atoms with Gasteiger partial charge in [0, 0.05) is 16.7 Å². The normalized spacial score (nSPS) is 10.7. The van der Waals surface area contributed by atoms with Gasteiger partial charge in [-0.2, -0.15) is 5.10 Å². The summed E-state index contributed by atoms with van der Waals surface area (Å²) in [5.74, 6) is 0. The summed E-state index contributed by atoms with van der Waals surface area (Å²) in [4.78, 5) is 0. The van der Waals surface area contributed by atoms with Crippen LogP contribution in [0.25, 0.3) is 45.4 Å². The predicted molar refractivity (Wildman–Crippen MR) is 130 cm³/mol. The Bertz CT molecular complexity index is 1300. The van der Waals surface area contributed by atoms with Crippen molar-refractivity contribution < 1.29 is 0 Å². The van der Waals surface area contributed by atoms with Gasteiger partial charge < -0.3 is 0 Å². The lowest BCUT2D eigenvalue weighted by molar-refractivity contribution is 0.892. The Labute approximate surface area is 182 Å². The van der Waals surface area contributed by atoms with E-state index in [0.717, 1.165) is 44.9 Å². The number of hydrogen-bond acceptors (Lipinski definition) is 1. The highest BCUT2D eigenvalue weighted by molar-refractivity contribution is 5.92. The van der Waals surface area contributed by atoms with E-state index in [4.69, 9.17) is 5.10 Å². The summed E-state index contributed by atoms with van der Waals surface area (Å²) in [5, 5.41) is 5.14. The molecule has 0 saturated heterocycles. The zero-order valence-corrected chi connectivity index (χ0v) is 17.1. The largest absolute Gasteiger partial charge is 0.232 e. The molecule has 31 heavy (non-hydrogen) atoms. The van der Waals surface area contributed by atoms with Crippen LogP contribution in [0, 0.1) is 0 Å². The molecule has 148 valence electrons. The first-order chi connectivity index (χ1) is 15.3. The monoisotopic (exact) mass is 398 g/mol. The molecule has 4 aromatic carbocycles. The van der Waals surface area contributed by atoms with Crippen molar-refractivity contribution in [2.75, 3.05) is 0 Å². The summed E-state index contributed by atoms with van der Waals surface area (Å²) in [6.07, 6.45) is 1.87. The van der Waals surface area contributed by atoms with Gasteiger partial charge in [-0.15, -0.1) is 0 Å². The van der Waals surface area contributed by atoms with Crippen molar-refractivity contribution in [3.8, 4) is 39.3 Å². The van der Waals surface area contributed by atoms with Crippen LogP contribution < -0.4 is 0 Å². The van der Waals surface area contributed by atoms with Crippen LogP contribution in [0.15, 0.2) is 122 Å². The summed E-state index contributed by atoms with van der Waals surface area (Å²) in [6.45, 7) is 3.89. The Morgan fingerprint density at radius 1 is 0.581 bits per heavy atom. The first kappa shape index (κ1) is 18.8. The molecule has 1 heterocycles. The Morgan fingerprint density at radius 2 is 1.13 bits per heavy atom. The molecule has 0 amide bonds. The fraction of sp³-hybridized carbons (Fsp3) is 0. The second kappa shape index (κ2) is 8.29. The number of benzene rings is 4. The van der Waals surface area contributed by atoms with Gasteiger partial charge in [-0.3, -0.25) is 0 Å². The van der Waals surface area contributed by atoms with Crippen LogP contribution in [-0.4, -0.2) is 9.78 Å². The molecular formula is C29H22N2. The van der Waals surface area contributed by atoms with Crippen molar-refractivity contribution >= 4 is 6.08 Å². The van der Waals surface area contributed by atoms with Crippen LogP contribution in [-0.2, 0) is 0 Å². The molecular weight excluding hydrogens is 376 g/mol. The van der Waals surface area contributed by atoms with Crippen molar-refractivity contribution in [2.45, 2.75) is 0 Å². The zero-order chi connectivity index (χ0) is 21.0. The first-order valence-corrected chi connectivity index (χ1v) is 10.4. The molecule has 5 aromatic rings. The summed E-state index contributed by atoms with van der Waals surface area (Å²) in [6, 6.07) is 39.7. The van der Waals surface area contributed by atoms with Crippen LogP contribution in [0.5, 0.6) is 0 Å². The molecule has 0 saturated carbocycles. The molecule has 1 aromatic heterocycles. The van der Waals surface area contributed by atoms with Gasteiger partial charge in [0.25, 0.3) is 0 Å². The second-order valence-corrected chi connectivity index (χ2v) is 7.38. The van der Waals surface area contributed by atoms with Gasteiger partial charge in [-0.25, -0.2) is 4.68 Å². The molecule has 5 rings (SSSR count). The first-order valence-electron chi connectivity index (χ1n) is 10.4. The van der Waals surface area contributed by atoms with E-state index >= 15 is 0 Å². The molecule has 0 aliphatic heterocycles. The van der Waals surface area contributed by atoms with Crippen molar-refractivity contribution in [1.29, 1.82) is 0 Å². The fourth-order valence-corrected chi connectivity index (χ4v) is 3.89. The Morgan fingerprint density at radius 3 is 1.71 bits per heavy atom. The average Bonchev–Trinajstić information content (AvgIpc) is 3.26. The number of hydrogen-bond donors (Lipinski definition) is 0. The summed E-state index contributed by atoms with van der Waals surface area (Å²) in [5.41, 5.74) is 8.66. The Balaban J connectivity index is 1.87. The van der Waals surface area contributed by atoms with Crippen molar-refractivity contribution in [3.05, 3.63) is 127 Å². The highest BCUT2D eigenvalue weighted by Gasteiger charge is 2.22. The number of aromatic nitrogens is 2. The molecule has 0 radical (unpaired) electrons. The fourth-order valence-electron chi connectivity index (χ4n) is 3.89. The molecule has 0 unspecified atom stereocenters. The quantitative estimate of drug-likeness (QED) is 0.299. The predicted octanol–water partition coefficient (Wildman–Crippen LogP) is 7.52. The standard InChI is InChI=1S/C29H22N2/c1-2-22-18-20-23(21-19-22)27-28(24-12-6-3-7-13-24)30-31(26-16-10-5-11-17-26)29(27)25-14-8-4-9-15-25/h2-21H,1H2. The molecule has 2 heteroatoms. The van der Waals surface area contributed by atoms with Crippen LogP contribution in [0.4, 0.5) is 0 Å². The molecule has 0 aliphatic carbocycles. The van der Waals surface area contributed by atoms with E-state index in [1.54, 1.807) is 0 Å². The van der Waals surface area contributed by atoms with E-state index in [-0.39, 0.29) is 0 Å². The zero-order valence-electron chi connectivity index (χ0n) is 17.1. The van der Waals surface area contributed by atoms with Crippen molar-refractivity contribution in [3.63, 3.8) is 0 Å². The molecule has 0 fully saturated rings. The van der Waals surface area contributed by atoms with E-state index in [1.165, 1.54) is 0 Å². The Kier molecular flexibility index (Phi) is 5.04. The molecule has 0 spiro atoms. The van der Waals surface area contributed by atoms with Crippen molar-refractivity contribution in [1.82, 2.24) is 9.78 Å². The van der Waals surface area contributed by atoms with Crippen LogP contribution in [0.3, 0.4) is 0 Å². The minimum absolute atomic E-state index is 0.967. The SMILES string of the molecule is C=Cc1ccc(-c2c(-c3ccccc3)nn(-c3ccccc3)c2-c2ccccc2)cc1. The summed E-state index contributed by atoms with van der Waals surface area (Å²) in [7, 11) is 0. The van der Waals surface area contributed by atoms with Gasteiger partial charge in [0.1, 0.15) is 5.69 Å². The van der Waals surface area contributed by atoms with Crippen LogP contribution in [0.2, 0.25) is 0 Å². The van der Waals surface area contributed by atoms with Gasteiger partial charge in [0.2, 0.25) is 0 Å². The Hall–Kier alpha value is -4.17. The number of nitrogens with zero attached hydrogens (tertiary/aromatic N) is 2. The molecule has 0 N–H and O–H groups in total. The highest BCUT2D eigenvalue weighted by atomic mass is 15.3. The number of rotatable bonds is 5. The lowest BCUT2D eigenvalue weighted by Gasteiger charge is -2.11. The topological polar surface area (TPSA) is 17.8 Å². The van der Waals surface area contributed by atoms with E-state index in [1.807, 2.05) is 36.4 Å². The van der Waals surface area contributed by atoms with Crippen molar-refractivity contribution in [2.24, 2.45) is 0 Å². The second-order valence-electron chi connectivity index (χ2n) is 7.38. The van der Waals surface area contributed by atoms with E-state index < -0.39 is 0 Å². The smallest absolute Gasteiger partial charge is 0.101 e. The lowest BCUT2D eigenvalue weighted by Crippen LogP contribution is -1.99. The lowest BCUT2D eigenvalue weighted by atomic mass is 9.95. The van der Waals surface area contributed by atoms with E-state index in [0.29, 0.717) is 0 Å². The van der Waals surface area contributed by atoms with Gasteiger partial charge >= 0.3 is 0 Å². The van der Waals surface area contributed by atoms with E-state index in [2.05, 4.69) is 96.2 Å². The maximum absolute atomic E-state index is 5.14. The molecule has 2 nitrogen and oxygen atoms in total. The minimum Gasteiger partial charge on any atom is -0.232 e. The minimum atomic E-state index is 0.967. The van der Waals surface area contributed by atoms with Gasteiger partial charge in [-0.1, -0.05) is 116 Å². The van der Waals surface area contributed by atoms with Gasteiger partial charge in [-0.05, 0) is 23.3 Å². The van der Waals surface area contributed by atoms with Crippen LogP contribution >= 0.6 is 0 Å². The van der Waals surface area contributed by atoms with Crippen LogP contribution in [0.1, 0.15) is 5.56 Å². The van der Waals surface area contributed by atoms with E-state index in [9.17, 15) is 0 Å². The highest BCUT2D eigenvalue weighted by Crippen LogP contribution is 2.41. The van der Waals surface area contributed by atoms with Gasteiger partial charge in [0.15, 0.2) is 0 Å². The molecule has 0 bridgehead atoms. The summed E-state index contributed by atoms with van der Waals surface area (Å²) >= 11 is 0. The maximum atomic E-state index is 5.14. The molecule has 0 aliphatic rings. The third kappa shape index (κ3) is 3.60. The van der Waals surface area contributed by atoms with Gasteiger partial charge in [0.05, 0.1) is 11.4 Å². The maximum Gasteiger partial charge on any atom is 0.101 e. The third-order valence-electron chi connectivity index (χ3n) is 5.42. The third-order valence-corrected chi connectivity index (χ3v) is 5.42. The average molecular weight is 399 g/mol. The molecule has 0 atom stereocenters. The number of para-hydroxylation sites is 1.